The highest BCUT2D eigenvalue weighted by Gasteiger charge is 2.30. The Balaban J connectivity index is 2.20. The Morgan fingerprint density at radius 3 is 2.25 bits per heavy atom. The van der Waals surface area contributed by atoms with Crippen LogP contribution in [0.5, 0.6) is 0 Å². The number of nitrogens with one attached hydrogen (secondary N) is 1. The molecule has 7 heteroatoms. The van der Waals surface area contributed by atoms with Crippen LogP contribution in [0.2, 0.25) is 5.02 Å². The monoisotopic (exact) mass is 366 g/mol. The van der Waals surface area contributed by atoms with Crippen molar-refractivity contribution in [3.8, 4) is 0 Å². The number of nitrogens with zero attached hydrogens (tertiary/aromatic N) is 1. The van der Waals surface area contributed by atoms with Crippen molar-refractivity contribution in [2.24, 2.45) is 0 Å². The lowest BCUT2D eigenvalue weighted by Crippen LogP contribution is -2.41. The quantitative estimate of drug-likeness (QED) is 0.854. The van der Waals surface area contributed by atoms with E-state index in [9.17, 15) is 13.2 Å². The second kappa shape index (κ2) is 7.79. The molecule has 0 heterocycles. The molecule has 0 aliphatic heterocycles. The van der Waals surface area contributed by atoms with E-state index in [1.54, 1.807) is 48.5 Å². The van der Waals surface area contributed by atoms with E-state index in [1.165, 1.54) is 7.05 Å². The molecule has 2 rings (SSSR count). The standard InChI is InChI=1S/C17H19ClN2O3S/c1-20(24(2,22)23)16(14-6-4-3-5-7-14)17(21)19-12-13-8-10-15(18)11-9-13/h3-11,16H,12H2,1-2H3,(H,19,21). The fraction of sp³-hybridized carbons (Fsp3) is 0.235. The minimum absolute atomic E-state index is 0.289. The molecule has 1 N–H and O–H groups in total. The molecule has 2 aromatic carbocycles. The summed E-state index contributed by atoms with van der Waals surface area (Å²) in [5, 5.41) is 3.40. The van der Waals surface area contributed by atoms with Crippen LogP contribution in [0.3, 0.4) is 0 Å². The summed E-state index contributed by atoms with van der Waals surface area (Å²) in [6.45, 7) is 0.289. The molecule has 24 heavy (non-hydrogen) atoms. The Morgan fingerprint density at radius 2 is 1.71 bits per heavy atom. The number of halogens is 1. The third-order valence-corrected chi connectivity index (χ3v) is 5.14. The van der Waals surface area contributed by atoms with Crippen LogP contribution < -0.4 is 5.32 Å². The van der Waals surface area contributed by atoms with Gasteiger partial charge in [0.05, 0.1) is 6.26 Å². The van der Waals surface area contributed by atoms with Crippen molar-refractivity contribution >= 4 is 27.5 Å². The number of hydrogen-bond donors (Lipinski definition) is 1. The molecule has 128 valence electrons. The van der Waals surface area contributed by atoms with Gasteiger partial charge in [0, 0.05) is 18.6 Å². The van der Waals surface area contributed by atoms with Gasteiger partial charge in [-0.15, -0.1) is 0 Å². The number of likely N-dealkylation sites (N-methyl/N-ethyl adjacent to an activating group) is 1. The molecule has 1 atom stereocenters. The van der Waals surface area contributed by atoms with E-state index in [4.69, 9.17) is 11.6 Å². The predicted octanol–water partition coefficient (Wildman–Crippen LogP) is 2.59. The van der Waals surface area contributed by atoms with Crippen molar-refractivity contribution in [1.29, 1.82) is 0 Å². The molecule has 0 radical (unpaired) electrons. The molecular weight excluding hydrogens is 348 g/mol. The fourth-order valence-corrected chi connectivity index (χ4v) is 2.97. The number of sulfonamides is 1. The molecule has 5 nitrogen and oxygen atoms in total. The normalized spacial score (nSPS) is 12.8. The summed E-state index contributed by atoms with van der Waals surface area (Å²) in [6, 6.07) is 15.0. The topological polar surface area (TPSA) is 66.5 Å². The number of amides is 1. The van der Waals surface area contributed by atoms with Gasteiger partial charge in [-0.3, -0.25) is 4.79 Å². The van der Waals surface area contributed by atoms with Crippen LogP contribution in [-0.4, -0.2) is 31.9 Å². The van der Waals surface area contributed by atoms with Crippen LogP contribution >= 0.6 is 11.6 Å². The van der Waals surface area contributed by atoms with Gasteiger partial charge in [0.1, 0.15) is 6.04 Å². The van der Waals surface area contributed by atoms with Gasteiger partial charge in [-0.25, -0.2) is 8.42 Å². The first-order valence-electron chi connectivity index (χ1n) is 7.29. The summed E-state index contributed by atoms with van der Waals surface area (Å²) in [4.78, 5) is 12.6. The number of carbonyl (C=O) groups is 1. The average Bonchev–Trinajstić information content (AvgIpc) is 2.54. The maximum absolute atomic E-state index is 12.6. The zero-order valence-corrected chi connectivity index (χ0v) is 15.0. The first-order chi connectivity index (χ1) is 11.3. The van der Waals surface area contributed by atoms with Crippen molar-refractivity contribution < 1.29 is 13.2 Å². The lowest BCUT2D eigenvalue weighted by Gasteiger charge is -2.25. The van der Waals surface area contributed by atoms with E-state index in [0.717, 1.165) is 16.1 Å². The maximum Gasteiger partial charge on any atom is 0.243 e. The molecule has 0 aliphatic carbocycles. The van der Waals surface area contributed by atoms with Crippen LogP contribution in [0.25, 0.3) is 0 Å². The smallest absolute Gasteiger partial charge is 0.243 e. The minimum Gasteiger partial charge on any atom is -0.350 e. The second-order valence-electron chi connectivity index (χ2n) is 5.44. The molecule has 2 aromatic rings. The van der Waals surface area contributed by atoms with E-state index in [1.807, 2.05) is 6.07 Å². The lowest BCUT2D eigenvalue weighted by molar-refractivity contribution is -0.124. The third-order valence-electron chi connectivity index (χ3n) is 3.63. The molecule has 0 fully saturated rings. The molecule has 1 amide bonds. The Labute approximate surface area is 147 Å². The Morgan fingerprint density at radius 1 is 1.12 bits per heavy atom. The average molecular weight is 367 g/mol. The van der Waals surface area contributed by atoms with Gasteiger partial charge in [0.2, 0.25) is 15.9 Å². The molecular formula is C17H19ClN2O3S. The molecule has 0 aliphatic rings. The molecule has 0 saturated heterocycles. The van der Waals surface area contributed by atoms with Crippen molar-refractivity contribution in [2.45, 2.75) is 12.6 Å². The molecule has 0 saturated carbocycles. The summed E-state index contributed by atoms with van der Waals surface area (Å²) < 4.78 is 24.9. The van der Waals surface area contributed by atoms with Gasteiger partial charge in [-0.1, -0.05) is 54.1 Å². The number of rotatable bonds is 6. The van der Waals surface area contributed by atoms with Crippen molar-refractivity contribution in [3.05, 3.63) is 70.7 Å². The van der Waals surface area contributed by atoms with E-state index in [0.29, 0.717) is 10.6 Å². The molecule has 1 unspecified atom stereocenters. The summed E-state index contributed by atoms with van der Waals surface area (Å²) in [7, 11) is -2.13. The van der Waals surface area contributed by atoms with Crippen molar-refractivity contribution in [2.75, 3.05) is 13.3 Å². The molecule has 0 aromatic heterocycles. The highest BCUT2D eigenvalue weighted by molar-refractivity contribution is 7.88. The second-order valence-corrected chi connectivity index (χ2v) is 7.92. The van der Waals surface area contributed by atoms with Crippen LogP contribution in [0, 0.1) is 0 Å². The molecule has 0 bridgehead atoms. The van der Waals surface area contributed by atoms with Crippen LogP contribution in [0.1, 0.15) is 17.2 Å². The first-order valence-corrected chi connectivity index (χ1v) is 9.52. The van der Waals surface area contributed by atoms with Crippen molar-refractivity contribution in [1.82, 2.24) is 9.62 Å². The highest BCUT2D eigenvalue weighted by Crippen LogP contribution is 2.22. The number of carbonyl (C=O) groups excluding carboxylic acids is 1. The van der Waals surface area contributed by atoms with E-state index >= 15 is 0 Å². The van der Waals surface area contributed by atoms with Gasteiger partial charge in [-0.05, 0) is 23.3 Å². The predicted molar refractivity (Wildman–Crippen MR) is 95.1 cm³/mol. The number of benzene rings is 2. The van der Waals surface area contributed by atoms with Gasteiger partial charge >= 0.3 is 0 Å². The fourth-order valence-electron chi connectivity index (χ4n) is 2.24. The SMILES string of the molecule is CN(C(C(=O)NCc1ccc(Cl)cc1)c1ccccc1)S(C)(=O)=O. The minimum atomic E-state index is -3.53. The van der Waals surface area contributed by atoms with Gasteiger partial charge in [-0.2, -0.15) is 4.31 Å². The first kappa shape index (κ1) is 18.4. The zero-order chi connectivity index (χ0) is 17.7. The van der Waals surface area contributed by atoms with Crippen LogP contribution in [0.4, 0.5) is 0 Å². The highest BCUT2D eigenvalue weighted by atomic mass is 35.5. The van der Waals surface area contributed by atoms with Gasteiger partial charge in [0.15, 0.2) is 0 Å². The van der Waals surface area contributed by atoms with E-state index in [2.05, 4.69) is 5.32 Å². The third kappa shape index (κ3) is 4.80. The Kier molecular flexibility index (Phi) is 5.99. The Hall–Kier alpha value is -1.89. The van der Waals surface area contributed by atoms with E-state index < -0.39 is 16.1 Å². The zero-order valence-electron chi connectivity index (χ0n) is 13.4. The van der Waals surface area contributed by atoms with Crippen molar-refractivity contribution in [3.63, 3.8) is 0 Å². The van der Waals surface area contributed by atoms with Gasteiger partial charge in [0.25, 0.3) is 0 Å². The summed E-state index contributed by atoms with van der Waals surface area (Å²) >= 11 is 5.84. The molecule has 0 spiro atoms. The van der Waals surface area contributed by atoms with Gasteiger partial charge < -0.3 is 5.32 Å². The Bertz CT molecular complexity index is 792. The van der Waals surface area contributed by atoms with Crippen LogP contribution in [-0.2, 0) is 21.4 Å². The number of hydrogen-bond acceptors (Lipinski definition) is 3. The summed E-state index contributed by atoms with van der Waals surface area (Å²) in [6.07, 6.45) is 1.08. The summed E-state index contributed by atoms with van der Waals surface area (Å²) in [5.74, 6) is -0.385. The van der Waals surface area contributed by atoms with Crippen LogP contribution in [0.15, 0.2) is 54.6 Å². The maximum atomic E-state index is 12.6. The lowest BCUT2D eigenvalue weighted by atomic mass is 10.1. The largest absolute Gasteiger partial charge is 0.350 e. The summed E-state index contributed by atoms with van der Waals surface area (Å²) in [5.41, 5.74) is 1.49. The van der Waals surface area contributed by atoms with E-state index in [-0.39, 0.29) is 12.5 Å².